The molecule has 0 aromatic heterocycles. The highest BCUT2D eigenvalue weighted by Gasteiger charge is 2.39. The molecular weight excluding hydrogens is 553 g/mol. The van der Waals surface area contributed by atoms with Crippen molar-refractivity contribution in [2.45, 2.75) is 89.4 Å². The summed E-state index contributed by atoms with van der Waals surface area (Å²) in [6.07, 6.45) is 7.79. The Bertz CT molecular complexity index is 575. The molecular formula is C25H46INO7. The fraction of sp³-hybridized carbons (Fsp3) is 0.880. The summed E-state index contributed by atoms with van der Waals surface area (Å²) in [5.41, 5.74) is -0.758. The molecule has 0 aromatic rings. The number of hydrogen-bond acceptors (Lipinski definition) is 7. The van der Waals surface area contributed by atoms with Crippen molar-refractivity contribution >= 4 is 40.4 Å². The van der Waals surface area contributed by atoms with Crippen molar-refractivity contribution in [3.63, 3.8) is 0 Å². The largest absolute Gasteiger partial charge is 0.465 e. The van der Waals surface area contributed by atoms with E-state index >= 15 is 0 Å². The number of carbonyl (C=O) groups is 3. The molecule has 0 spiro atoms. The Morgan fingerprint density at radius 3 is 2.38 bits per heavy atom. The lowest BCUT2D eigenvalue weighted by Crippen LogP contribution is -2.40. The third kappa shape index (κ3) is 14.5. The fourth-order valence-electron chi connectivity index (χ4n) is 3.24. The lowest BCUT2D eigenvalue weighted by atomic mass is 9.84. The molecule has 34 heavy (non-hydrogen) atoms. The second kappa shape index (κ2) is 20.3. The maximum atomic E-state index is 12.3. The first-order valence-electron chi connectivity index (χ1n) is 12.7. The molecule has 200 valence electrons. The van der Waals surface area contributed by atoms with Gasteiger partial charge in [-0.1, -0.05) is 69.0 Å². The average molecular weight is 600 g/mol. The minimum Gasteiger partial charge on any atom is -0.465 e. The topological polar surface area (TPSA) is 111 Å². The van der Waals surface area contributed by atoms with Crippen LogP contribution in [0.15, 0.2) is 0 Å². The zero-order valence-electron chi connectivity index (χ0n) is 21.5. The van der Waals surface area contributed by atoms with Gasteiger partial charge in [-0.2, -0.15) is 0 Å². The Labute approximate surface area is 219 Å². The highest BCUT2D eigenvalue weighted by Crippen LogP contribution is 2.32. The van der Waals surface area contributed by atoms with Crippen LogP contribution in [0.2, 0.25) is 0 Å². The van der Waals surface area contributed by atoms with Gasteiger partial charge < -0.3 is 24.6 Å². The van der Waals surface area contributed by atoms with E-state index in [1.54, 1.807) is 6.92 Å². The van der Waals surface area contributed by atoms with E-state index in [-0.39, 0.29) is 48.1 Å². The van der Waals surface area contributed by atoms with E-state index in [4.69, 9.17) is 14.2 Å². The molecule has 2 N–H and O–H groups in total. The van der Waals surface area contributed by atoms with Gasteiger partial charge in [-0.3, -0.25) is 14.4 Å². The third-order valence-corrected chi connectivity index (χ3v) is 7.90. The summed E-state index contributed by atoms with van der Waals surface area (Å²) in [6, 6.07) is 0. The van der Waals surface area contributed by atoms with Crippen LogP contribution in [0.25, 0.3) is 0 Å². The van der Waals surface area contributed by atoms with Gasteiger partial charge in [0.25, 0.3) is 0 Å². The van der Waals surface area contributed by atoms with E-state index in [9.17, 15) is 19.5 Å². The Morgan fingerprint density at radius 1 is 1.03 bits per heavy atom. The van der Waals surface area contributed by atoms with E-state index < -0.39 is 5.41 Å². The lowest BCUT2D eigenvalue weighted by molar-refractivity contribution is -0.155. The molecule has 3 atom stereocenters. The van der Waals surface area contributed by atoms with Crippen LogP contribution in [0.4, 0.5) is 0 Å². The predicted octanol–water partition coefficient (Wildman–Crippen LogP) is 4.19. The number of rotatable bonds is 21. The van der Waals surface area contributed by atoms with Crippen LogP contribution in [0, 0.1) is 11.3 Å². The van der Waals surface area contributed by atoms with Gasteiger partial charge in [0.05, 0.1) is 25.2 Å². The molecule has 0 saturated carbocycles. The number of carbonyl (C=O) groups excluding carboxylic acids is 3. The quantitative estimate of drug-likeness (QED) is 0.0881. The van der Waals surface area contributed by atoms with Crippen LogP contribution >= 0.6 is 22.6 Å². The molecule has 0 radical (unpaired) electrons. The van der Waals surface area contributed by atoms with Gasteiger partial charge in [0.15, 0.2) is 0 Å². The number of aliphatic hydroxyl groups excluding tert-OH is 1. The van der Waals surface area contributed by atoms with Crippen LogP contribution in [-0.2, 0) is 28.6 Å². The number of alkyl halides is 1. The van der Waals surface area contributed by atoms with Crippen LogP contribution in [0.1, 0.15) is 85.5 Å². The number of amides is 1. The van der Waals surface area contributed by atoms with Crippen molar-refractivity contribution in [1.29, 1.82) is 0 Å². The summed E-state index contributed by atoms with van der Waals surface area (Å²) in [6.45, 7) is 9.03. The molecule has 0 aromatic carbocycles. The van der Waals surface area contributed by atoms with Crippen LogP contribution in [0.3, 0.4) is 0 Å². The standard InChI is InChI=1S/C25H46INO7/c1-5-8-12-20(6-2)18-34-23(30)13-10-9-11-15-32-19-22(29)27-14-16-33-24(31)25(4,7-3)21(26)17-28/h20-21,28H,5-19H2,1-4H3,(H,27,29). The van der Waals surface area contributed by atoms with Gasteiger partial charge >= 0.3 is 11.9 Å². The fourth-order valence-corrected chi connectivity index (χ4v) is 3.94. The smallest absolute Gasteiger partial charge is 0.313 e. The van der Waals surface area contributed by atoms with Crippen molar-refractivity contribution in [1.82, 2.24) is 5.32 Å². The number of esters is 2. The lowest BCUT2D eigenvalue weighted by Gasteiger charge is -2.29. The summed E-state index contributed by atoms with van der Waals surface area (Å²) < 4.78 is 15.8. The van der Waals surface area contributed by atoms with Gasteiger partial charge in [-0.05, 0) is 38.5 Å². The molecule has 8 nitrogen and oxygen atoms in total. The maximum absolute atomic E-state index is 12.3. The summed E-state index contributed by atoms with van der Waals surface area (Å²) in [4.78, 5) is 36.0. The van der Waals surface area contributed by atoms with Gasteiger partial charge in [0, 0.05) is 17.0 Å². The third-order valence-electron chi connectivity index (χ3n) is 6.14. The van der Waals surface area contributed by atoms with E-state index in [1.807, 2.05) is 6.92 Å². The first kappa shape index (κ1) is 33.1. The first-order chi connectivity index (χ1) is 16.2. The van der Waals surface area contributed by atoms with Crippen molar-refractivity contribution in [3.05, 3.63) is 0 Å². The molecule has 0 fully saturated rings. The second-order valence-corrected chi connectivity index (χ2v) is 10.4. The Kier molecular flexibility index (Phi) is 19.7. The summed E-state index contributed by atoms with van der Waals surface area (Å²) in [7, 11) is 0. The predicted molar refractivity (Wildman–Crippen MR) is 141 cm³/mol. The second-order valence-electron chi connectivity index (χ2n) is 8.87. The summed E-state index contributed by atoms with van der Waals surface area (Å²) in [5.74, 6) is -0.324. The number of aliphatic hydroxyl groups is 1. The molecule has 9 heteroatoms. The zero-order valence-corrected chi connectivity index (χ0v) is 23.7. The summed E-state index contributed by atoms with van der Waals surface area (Å²) in [5, 5.41) is 12.0. The first-order valence-corrected chi connectivity index (χ1v) is 13.9. The zero-order chi connectivity index (χ0) is 25.8. The normalized spacial score (nSPS) is 14.6. The molecule has 0 saturated heterocycles. The maximum Gasteiger partial charge on any atom is 0.313 e. The molecule has 0 rings (SSSR count). The number of ether oxygens (including phenoxy) is 3. The molecule has 0 bridgehead atoms. The van der Waals surface area contributed by atoms with Crippen molar-refractivity contribution in [2.24, 2.45) is 11.3 Å². The number of halogens is 1. The van der Waals surface area contributed by atoms with E-state index in [2.05, 4.69) is 41.8 Å². The van der Waals surface area contributed by atoms with Gasteiger partial charge in [0.1, 0.15) is 13.2 Å². The Morgan fingerprint density at radius 2 is 1.76 bits per heavy atom. The van der Waals surface area contributed by atoms with Gasteiger partial charge in [0.2, 0.25) is 5.91 Å². The van der Waals surface area contributed by atoms with E-state index in [0.29, 0.717) is 32.0 Å². The minimum atomic E-state index is -0.758. The van der Waals surface area contributed by atoms with E-state index in [1.165, 1.54) is 6.42 Å². The Balaban J connectivity index is 3.76. The van der Waals surface area contributed by atoms with Crippen LogP contribution < -0.4 is 5.32 Å². The highest BCUT2D eigenvalue weighted by molar-refractivity contribution is 14.1. The van der Waals surface area contributed by atoms with E-state index in [0.717, 1.165) is 38.5 Å². The molecule has 1 amide bonds. The van der Waals surface area contributed by atoms with Crippen molar-refractivity contribution < 1.29 is 33.7 Å². The number of unbranched alkanes of at least 4 members (excludes halogenated alkanes) is 3. The SMILES string of the molecule is CCCCC(CC)COC(=O)CCCCCOCC(=O)NCCOC(=O)C(C)(CC)C(I)CO. The van der Waals surface area contributed by atoms with Crippen molar-refractivity contribution in [3.8, 4) is 0 Å². The average Bonchev–Trinajstić information content (AvgIpc) is 2.84. The highest BCUT2D eigenvalue weighted by atomic mass is 127. The summed E-state index contributed by atoms with van der Waals surface area (Å²) >= 11 is 2.05. The molecule has 0 heterocycles. The van der Waals surface area contributed by atoms with Gasteiger partial charge in [-0.15, -0.1) is 0 Å². The molecule has 0 aliphatic carbocycles. The number of nitrogens with one attached hydrogen (secondary N) is 1. The molecule has 3 unspecified atom stereocenters. The molecule has 0 aliphatic heterocycles. The van der Waals surface area contributed by atoms with Gasteiger partial charge in [-0.25, -0.2) is 0 Å². The minimum absolute atomic E-state index is 0.0564. The van der Waals surface area contributed by atoms with Crippen LogP contribution in [-0.4, -0.2) is 66.5 Å². The Hall–Kier alpha value is -0.940. The van der Waals surface area contributed by atoms with Crippen LogP contribution in [0.5, 0.6) is 0 Å². The molecule has 0 aliphatic rings. The number of hydrogen-bond donors (Lipinski definition) is 2. The monoisotopic (exact) mass is 599 g/mol. The van der Waals surface area contributed by atoms with Crippen molar-refractivity contribution in [2.75, 3.05) is 39.6 Å².